The summed E-state index contributed by atoms with van der Waals surface area (Å²) < 4.78 is 0. The number of hydrogen-bond donors (Lipinski definition) is 3. The second-order valence-corrected chi connectivity index (χ2v) is 4.60. The molecular formula is C12H20N4O2. The van der Waals surface area contributed by atoms with Crippen LogP contribution in [0.1, 0.15) is 32.6 Å². The quantitative estimate of drug-likeness (QED) is 0.600. The molecule has 100 valence electrons. The van der Waals surface area contributed by atoms with Gasteiger partial charge in [0.1, 0.15) is 6.04 Å². The first kappa shape index (κ1) is 14.5. The molecule has 0 aromatic carbocycles. The summed E-state index contributed by atoms with van der Waals surface area (Å²) >= 11 is 0. The van der Waals surface area contributed by atoms with Gasteiger partial charge < -0.3 is 16.4 Å². The van der Waals surface area contributed by atoms with Gasteiger partial charge in [-0.25, -0.2) is 0 Å². The summed E-state index contributed by atoms with van der Waals surface area (Å²) in [7, 11) is 0. The summed E-state index contributed by atoms with van der Waals surface area (Å²) in [6.07, 6.45) is 2.48. The molecule has 1 saturated heterocycles. The van der Waals surface area contributed by atoms with Crippen LogP contribution in [0.3, 0.4) is 0 Å². The van der Waals surface area contributed by atoms with Crippen LogP contribution in [0.25, 0.3) is 0 Å². The van der Waals surface area contributed by atoms with Crippen LogP contribution in [0, 0.1) is 17.2 Å². The second kappa shape index (κ2) is 6.97. The predicted molar refractivity (Wildman–Crippen MR) is 66.2 cm³/mol. The topological polar surface area (TPSA) is 108 Å². The number of carbonyl (C=O) groups excluding carboxylic acids is 2. The predicted octanol–water partition coefficient (Wildman–Crippen LogP) is -0.352. The van der Waals surface area contributed by atoms with E-state index in [0.717, 1.165) is 6.42 Å². The van der Waals surface area contributed by atoms with Crippen LogP contribution < -0.4 is 16.4 Å². The SMILES string of the molecule is CCC[C@H](N)C(=O)N[C@H](C#N)C[C@@H]1CCNC1=O. The van der Waals surface area contributed by atoms with Gasteiger partial charge in [0, 0.05) is 12.5 Å². The monoisotopic (exact) mass is 252 g/mol. The van der Waals surface area contributed by atoms with E-state index < -0.39 is 12.1 Å². The van der Waals surface area contributed by atoms with Gasteiger partial charge in [-0.05, 0) is 19.3 Å². The van der Waals surface area contributed by atoms with Crippen molar-refractivity contribution in [2.45, 2.75) is 44.7 Å². The molecule has 1 aliphatic heterocycles. The third-order valence-electron chi connectivity index (χ3n) is 3.09. The highest BCUT2D eigenvalue weighted by molar-refractivity contribution is 5.83. The van der Waals surface area contributed by atoms with Gasteiger partial charge in [0.2, 0.25) is 11.8 Å². The minimum atomic E-state index is -0.644. The fourth-order valence-electron chi connectivity index (χ4n) is 2.02. The van der Waals surface area contributed by atoms with E-state index in [-0.39, 0.29) is 17.7 Å². The Bertz CT molecular complexity index is 350. The molecule has 3 atom stereocenters. The van der Waals surface area contributed by atoms with Gasteiger partial charge in [-0.3, -0.25) is 9.59 Å². The van der Waals surface area contributed by atoms with Crippen LogP contribution in [0.5, 0.6) is 0 Å². The Morgan fingerprint density at radius 1 is 1.72 bits per heavy atom. The smallest absolute Gasteiger partial charge is 0.237 e. The van der Waals surface area contributed by atoms with Crippen LogP contribution in [-0.4, -0.2) is 30.4 Å². The highest BCUT2D eigenvalue weighted by atomic mass is 16.2. The first-order valence-corrected chi connectivity index (χ1v) is 6.31. The summed E-state index contributed by atoms with van der Waals surface area (Å²) in [4.78, 5) is 23.1. The standard InChI is InChI=1S/C12H20N4O2/c1-2-3-10(14)12(18)16-9(7-13)6-8-4-5-15-11(8)17/h8-10H,2-6,14H2,1H3,(H,15,17)(H,16,18)/t8-,9-,10-/m0/s1. The number of nitrogens with one attached hydrogen (secondary N) is 2. The van der Waals surface area contributed by atoms with Gasteiger partial charge in [0.15, 0.2) is 0 Å². The Balaban J connectivity index is 2.44. The van der Waals surface area contributed by atoms with E-state index in [2.05, 4.69) is 10.6 Å². The lowest BCUT2D eigenvalue weighted by atomic mass is 9.99. The van der Waals surface area contributed by atoms with Gasteiger partial charge in [-0.2, -0.15) is 5.26 Å². The summed E-state index contributed by atoms with van der Waals surface area (Å²) in [6, 6.07) is 0.785. The molecule has 0 bridgehead atoms. The molecule has 0 spiro atoms. The third kappa shape index (κ3) is 4.00. The maximum absolute atomic E-state index is 11.7. The van der Waals surface area contributed by atoms with Gasteiger partial charge >= 0.3 is 0 Å². The summed E-state index contributed by atoms with van der Waals surface area (Å²) in [5, 5.41) is 14.3. The van der Waals surface area contributed by atoms with E-state index in [1.807, 2.05) is 13.0 Å². The fraction of sp³-hybridized carbons (Fsp3) is 0.750. The third-order valence-corrected chi connectivity index (χ3v) is 3.09. The maximum atomic E-state index is 11.7. The van der Waals surface area contributed by atoms with Crippen molar-refractivity contribution >= 4 is 11.8 Å². The molecule has 1 heterocycles. The second-order valence-electron chi connectivity index (χ2n) is 4.60. The summed E-state index contributed by atoms with van der Waals surface area (Å²) in [5.74, 6) is -0.540. The van der Waals surface area contributed by atoms with Gasteiger partial charge in [-0.15, -0.1) is 0 Å². The summed E-state index contributed by atoms with van der Waals surface area (Å²) in [5.41, 5.74) is 5.67. The maximum Gasteiger partial charge on any atom is 0.237 e. The molecule has 0 unspecified atom stereocenters. The van der Waals surface area contributed by atoms with E-state index in [1.165, 1.54) is 0 Å². The van der Waals surface area contributed by atoms with Crippen molar-refractivity contribution in [3.8, 4) is 6.07 Å². The molecule has 6 nitrogen and oxygen atoms in total. The van der Waals surface area contributed by atoms with E-state index in [1.54, 1.807) is 0 Å². The number of carbonyl (C=O) groups is 2. The fourth-order valence-corrected chi connectivity index (χ4v) is 2.02. The molecule has 0 aromatic rings. The number of nitrogens with two attached hydrogens (primary N) is 1. The molecule has 6 heteroatoms. The molecule has 0 radical (unpaired) electrons. The van der Waals surface area contributed by atoms with Crippen molar-refractivity contribution in [2.24, 2.45) is 11.7 Å². The number of amides is 2. The van der Waals surface area contributed by atoms with Crippen molar-refractivity contribution in [2.75, 3.05) is 6.54 Å². The van der Waals surface area contributed by atoms with Crippen LogP contribution >= 0.6 is 0 Å². The Labute approximate surface area is 107 Å². The Hall–Kier alpha value is -1.61. The first-order chi connectivity index (χ1) is 8.58. The highest BCUT2D eigenvalue weighted by Crippen LogP contribution is 2.15. The zero-order valence-electron chi connectivity index (χ0n) is 10.6. The Morgan fingerprint density at radius 3 is 2.94 bits per heavy atom. The van der Waals surface area contributed by atoms with Crippen molar-refractivity contribution < 1.29 is 9.59 Å². The van der Waals surface area contributed by atoms with Crippen molar-refractivity contribution in [3.63, 3.8) is 0 Å². The number of rotatable bonds is 6. The van der Waals surface area contributed by atoms with Crippen LogP contribution in [0.4, 0.5) is 0 Å². The van der Waals surface area contributed by atoms with Crippen LogP contribution in [0.15, 0.2) is 0 Å². The van der Waals surface area contributed by atoms with E-state index in [0.29, 0.717) is 25.8 Å². The average Bonchev–Trinajstić information content (AvgIpc) is 2.74. The molecule has 0 aromatic heterocycles. The van der Waals surface area contributed by atoms with Crippen molar-refractivity contribution in [1.29, 1.82) is 5.26 Å². The molecule has 18 heavy (non-hydrogen) atoms. The van der Waals surface area contributed by atoms with E-state index >= 15 is 0 Å². The lowest BCUT2D eigenvalue weighted by molar-refractivity contribution is -0.125. The zero-order chi connectivity index (χ0) is 13.5. The van der Waals surface area contributed by atoms with Crippen LogP contribution in [0.2, 0.25) is 0 Å². The number of nitrogens with zero attached hydrogens (tertiary/aromatic N) is 1. The average molecular weight is 252 g/mol. The number of nitriles is 1. The molecule has 0 saturated carbocycles. The van der Waals surface area contributed by atoms with Gasteiger partial charge in [0.25, 0.3) is 0 Å². The molecule has 1 fully saturated rings. The minimum absolute atomic E-state index is 0.0395. The normalized spacial score (nSPS) is 21.8. The first-order valence-electron chi connectivity index (χ1n) is 6.31. The molecule has 2 amide bonds. The molecule has 1 aliphatic rings. The zero-order valence-corrected chi connectivity index (χ0v) is 10.6. The van der Waals surface area contributed by atoms with Gasteiger partial charge in [0.05, 0.1) is 12.1 Å². The lowest BCUT2D eigenvalue weighted by Crippen LogP contribution is -2.45. The lowest BCUT2D eigenvalue weighted by Gasteiger charge is -2.17. The minimum Gasteiger partial charge on any atom is -0.356 e. The molecular weight excluding hydrogens is 232 g/mol. The van der Waals surface area contributed by atoms with E-state index in [9.17, 15) is 9.59 Å². The van der Waals surface area contributed by atoms with Crippen LogP contribution in [-0.2, 0) is 9.59 Å². The van der Waals surface area contributed by atoms with Crippen molar-refractivity contribution in [3.05, 3.63) is 0 Å². The van der Waals surface area contributed by atoms with Gasteiger partial charge in [-0.1, -0.05) is 13.3 Å². The van der Waals surface area contributed by atoms with Crippen molar-refractivity contribution in [1.82, 2.24) is 10.6 Å². The summed E-state index contributed by atoms with van der Waals surface area (Å²) in [6.45, 7) is 2.59. The molecule has 1 rings (SSSR count). The Kier molecular flexibility index (Phi) is 5.59. The largest absolute Gasteiger partial charge is 0.356 e. The highest BCUT2D eigenvalue weighted by Gasteiger charge is 2.28. The molecule has 4 N–H and O–H groups in total. The number of hydrogen-bond acceptors (Lipinski definition) is 4. The Morgan fingerprint density at radius 2 is 2.44 bits per heavy atom. The van der Waals surface area contributed by atoms with E-state index in [4.69, 9.17) is 11.0 Å². The molecule has 0 aliphatic carbocycles.